The summed E-state index contributed by atoms with van der Waals surface area (Å²) >= 11 is 0. The minimum atomic E-state index is -0.275. The smallest absolute Gasteiger partial charge is 0.315 e. The summed E-state index contributed by atoms with van der Waals surface area (Å²) in [4.78, 5) is 27.4. The molecule has 118 valence electrons. The molecule has 1 atom stereocenters. The van der Waals surface area contributed by atoms with E-state index in [0.717, 1.165) is 0 Å². The molecule has 0 spiro atoms. The molecule has 1 heterocycles. The molecule has 1 unspecified atom stereocenters. The fraction of sp³-hybridized carbons (Fsp3) is 0.733. The van der Waals surface area contributed by atoms with Crippen molar-refractivity contribution in [2.45, 2.75) is 38.8 Å². The second-order valence-corrected chi connectivity index (χ2v) is 6.49. The Morgan fingerprint density at radius 2 is 2.05 bits per heavy atom. The Kier molecular flexibility index (Phi) is 6.03. The van der Waals surface area contributed by atoms with E-state index in [1.54, 1.807) is 4.90 Å². The molecule has 1 aliphatic heterocycles. The normalized spacial score (nSPS) is 18.5. The van der Waals surface area contributed by atoms with Crippen LogP contribution in [0.4, 0.5) is 4.79 Å². The van der Waals surface area contributed by atoms with Crippen LogP contribution < -0.4 is 10.6 Å². The van der Waals surface area contributed by atoms with Gasteiger partial charge in [-0.3, -0.25) is 9.69 Å². The number of rotatable bonds is 3. The number of amides is 3. The molecule has 6 heteroatoms. The predicted octanol–water partition coefficient (Wildman–Crippen LogP) is 0.250. The van der Waals surface area contributed by atoms with Crippen LogP contribution in [0.2, 0.25) is 0 Å². The number of carbonyl (C=O) groups excluding carboxylic acids is 2. The van der Waals surface area contributed by atoms with Crippen LogP contribution in [0.15, 0.2) is 0 Å². The topological polar surface area (TPSA) is 64.7 Å². The van der Waals surface area contributed by atoms with E-state index in [1.807, 2.05) is 39.8 Å². The first kappa shape index (κ1) is 17.3. The average Bonchev–Trinajstić information content (AvgIpc) is 2.69. The highest BCUT2D eigenvalue weighted by Gasteiger charge is 2.36. The lowest BCUT2D eigenvalue weighted by atomic mass is 10.1. The van der Waals surface area contributed by atoms with E-state index >= 15 is 0 Å². The third kappa shape index (κ3) is 6.05. The van der Waals surface area contributed by atoms with Gasteiger partial charge in [0.15, 0.2) is 0 Å². The van der Waals surface area contributed by atoms with Gasteiger partial charge in [0, 0.05) is 18.5 Å². The summed E-state index contributed by atoms with van der Waals surface area (Å²) in [7, 11) is 3.87. The highest BCUT2D eigenvalue weighted by atomic mass is 16.2. The van der Waals surface area contributed by atoms with Gasteiger partial charge >= 0.3 is 6.03 Å². The Hall–Kier alpha value is -1.74. The molecule has 0 aromatic heterocycles. The van der Waals surface area contributed by atoms with E-state index in [0.29, 0.717) is 26.1 Å². The second kappa shape index (κ2) is 7.32. The zero-order chi connectivity index (χ0) is 16.0. The van der Waals surface area contributed by atoms with Crippen molar-refractivity contribution in [2.75, 3.05) is 33.7 Å². The summed E-state index contributed by atoms with van der Waals surface area (Å²) in [6, 6.07) is -0.408. The summed E-state index contributed by atoms with van der Waals surface area (Å²) in [5, 5.41) is 5.50. The van der Waals surface area contributed by atoms with Crippen molar-refractivity contribution in [2.24, 2.45) is 0 Å². The highest BCUT2D eigenvalue weighted by Crippen LogP contribution is 2.21. The van der Waals surface area contributed by atoms with Crippen molar-refractivity contribution in [3.8, 4) is 11.8 Å². The molecule has 2 N–H and O–H groups in total. The SMILES string of the molecule is CN(C)CC#CCNC(=O)NC1CC(=O)N(C(C)(C)C)C1. The summed E-state index contributed by atoms with van der Waals surface area (Å²) in [5.41, 5.74) is -0.207. The molecule has 0 saturated carbocycles. The molecule has 0 radical (unpaired) electrons. The van der Waals surface area contributed by atoms with Crippen molar-refractivity contribution in [1.82, 2.24) is 20.4 Å². The molecule has 0 bridgehead atoms. The van der Waals surface area contributed by atoms with Crippen molar-refractivity contribution in [3.63, 3.8) is 0 Å². The first-order chi connectivity index (χ1) is 9.70. The molecule has 1 saturated heterocycles. The van der Waals surface area contributed by atoms with Crippen molar-refractivity contribution < 1.29 is 9.59 Å². The molecule has 0 aromatic carbocycles. The zero-order valence-corrected chi connectivity index (χ0v) is 13.6. The van der Waals surface area contributed by atoms with Gasteiger partial charge in [0.1, 0.15) is 0 Å². The lowest BCUT2D eigenvalue weighted by molar-refractivity contribution is -0.131. The standard InChI is InChI=1S/C15H26N4O2/c1-15(2,3)19-11-12(10-13(19)20)17-14(21)16-8-6-7-9-18(4)5/h12H,8-11H2,1-5H3,(H2,16,17,21). The maximum Gasteiger partial charge on any atom is 0.315 e. The molecular weight excluding hydrogens is 268 g/mol. The van der Waals surface area contributed by atoms with E-state index in [9.17, 15) is 9.59 Å². The molecule has 6 nitrogen and oxygen atoms in total. The van der Waals surface area contributed by atoms with E-state index in [1.165, 1.54) is 0 Å². The Labute approximate surface area is 127 Å². The number of likely N-dealkylation sites (tertiary alicyclic amines) is 1. The maximum atomic E-state index is 11.9. The van der Waals surface area contributed by atoms with Crippen molar-refractivity contribution in [3.05, 3.63) is 0 Å². The molecule has 0 aliphatic carbocycles. The van der Waals surface area contributed by atoms with E-state index in [2.05, 4.69) is 22.5 Å². The van der Waals surface area contributed by atoms with E-state index in [4.69, 9.17) is 0 Å². The molecule has 1 rings (SSSR count). The number of urea groups is 1. The molecular formula is C15H26N4O2. The van der Waals surface area contributed by atoms with Crippen LogP contribution in [0.25, 0.3) is 0 Å². The van der Waals surface area contributed by atoms with Gasteiger partial charge in [-0.1, -0.05) is 11.8 Å². The third-order valence-corrected chi connectivity index (χ3v) is 3.13. The summed E-state index contributed by atoms with van der Waals surface area (Å²) in [6.07, 6.45) is 0.358. The largest absolute Gasteiger partial charge is 0.336 e. The minimum absolute atomic E-state index is 0.0820. The maximum absolute atomic E-state index is 11.9. The summed E-state index contributed by atoms with van der Waals surface area (Å²) < 4.78 is 0. The average molecular weight is 294 g/mol. The van der Waals surface area contributed by atoms with Crippen LogP contribution in [0.3, 0.4) is 0 Å². The van der Waals surface area contributed by atoms with Crippen molar-refractivity contribution >= 4 is 11.9 Å². The molecule has 21 heavy (non-hydrogen) atoms. The summed E-state index contributed by atoms with van der Waals surface area (Å²) in [5.74, 6) is 5.89. The monoisotopic (exact) mass is 294 g/mol. The van der Waals surface area contributed by atoms with Gasteiger partial charge in [-0.2, -0.15) is 0 Å². The Bertz CT molecular complexity index is 443. The van der Waals surface area contributed by atoms with Crippen LogP contribution in [-0.2, 0) is 4.79 Å². The van der Waals surface area contributed by atoms with Gasteiger partial charge in [-0.15, -0.1) is 0 Å². The van der Waals surface area contributed by atoms with Crippen LogP contribution in [0.5, 0.6) is 0 Å². The number of carbonyl (C=O) groups is 2. The van der Waals surface area contributed by atoms with Crippen molar-refractivity contribution in [1.29, 1.82) is 0 Å². The van der Waals surface area contributed by atoms with Gasteiger partial charge in [-0.25, -0.2) is 4.79 Å². The number of hydrogen-bond donors (Lipinski definition) is 2. The van der Waals surface area contributed by atoms with Crippen LogP contribution >= 0.6 is 0 Å². The van der Waals surface area contributed by atoms with Gasteiger partial charge in [0.25, 0.3) is 0 Å². The lowest BCUT2D eigenvalue weighted by Gasteiger charge is -2.32. The molecule has 0 aromatic rings. The Balaban J connectivity index is 2.33. The van der Waals surface area contributed by atoms with Crippen LogP contribution in [0.1, 0.15) is 27.2 Å². The summed E-state index contributed by atoms with van der Waals surface area (Å²) in [6.45, 7) is 7.52. The van der Waals surface area contributed by atoms with E-state index < -0.39 is 0 Å². The lowest BCUT2D eigenvalue weighted by Crippen LogP contribution is -2.46. The van der Waals surface area contributed by atoms with Gasteiger partial charge in [0.2, 0.25) is 5.91 Å². The zero-order valence-electron chi connectivity index (χ0n) is 13.6. The molecule has 3 amide bonds. The fourth-order valence-corrected chi connectivity index (χ4v) is 2.09. The number of hydrogen-bond acceptors (Lipinski definition) is 3. The fourth-order valence-electron chi connectivity index (χ4n) is 2.09. The van der Waals surface area contributed by atoms with Gasteiger partial charge in [-0.05, 0) is 34.9 Å². The first-order valence-corrected chi connectivity index (χ1v) is 7.15. The Morgan fingerprint density at radius 3 is 2.57 bits per heavy atom. The third-order valence-electron chi connectivity index (χ3n) is 3.13. The van der Waals surface area contributed by atoms with Gasteiger partial charge in [0.05, 0.1) is 19.1 Å². The highest BCUT2D eigenvalue weighted by molar-refractivity contribution is 5.82. The second-order valence-electron chi connectivity index (χ2n) is 6.49. The predicted molar refractivity (Wildman–Crippen MR) is 82.7 cm³/mol. The quantitative estimate of drug-likeness (QED) is 0.733. The Morgan fingerprint density at radius 1 is 1.38 bits per heavy atom. The first-order valence-electron chi connectivity index (χ1n) is 7.15. The molecule has 1 aliphatic rings. The number of nitrogens with one attached hydrogen (secondary N) is 2. The van der Waals surface area contributed by atoms with Gasteiger partial charge < -0.3 is 15.5 Å². The van der Waals surface area contributed by atoms with E-state index in [-0.39, 0.29) is 23.5 Å². The van der Waals surface area contributed by atoms with Crippen LogP contribution in [0, 0.1) is 11.8 Å². The van der Waals surface area contributed by atoms with Crippen LogP contribution in [-0.4, -0.2) is 67.0 Å². The minimum Gasteiger partial charge on any atom is -0.336 e. The molecule has 1 fully saturated rings. The number of nitrogens with zero attached hydrogens (tertiary/aromatic N) is 2.